The van der Waals surface area contributed by atoms with Gasteiger partial charge in [0.05, 0.1) is 6.61 Å². The van der Waals surface area contributed by atoms with Gasteiger partial charge in [0, 0.05) is 6.61 Å². The maximum Gasteiger partial charge on any atom is 0.119 e. The summed E-state index contributed by atoms with van der Waals surface area (Å²) in [6.07, 6.45) is -1.42. The van der Waals surface area contributed by atoms with E-state index in [1.165, 1.54) is 0 Å². The van der Waals surface area contributed by atoms with E-state index in [0.29, 0.717) is 12.4 Å². The van der Waals surface area contributed by atoms with Gasteiger partial charge in [0.25, 0.3) is 0 Å². The molecule has 0 spiro atoms. The van der Waals surface area contributed by atoms with E-state index in [-0.39, 0.29) is 13.2 Å². The first kappa shape index (κ1) is 13.0. The minimum absolute atomic E-state index is 0.106. The van der Waals surface area contributed by atoms with Crippen molar-refractivity contribution in [2.45, 2.75) is 19.1 Å². The number of rotatable bonds is 7. The molecule has 16 heavy (non-hydrogen) atoms. The van der Waals surface area contributed by atoms with E-state index >= 15 is 0 Å². The molecule has 1 aromatic rings. The zero-order chi connectivity index (χ0) is 11.8. The van der Waals surface area contributed by atoms with Crippen LogP contribution in [-0.4, -0.2) is 42.2 Å². The Bertz CT molecular complexity index is 276. The summed E-state index contributed by atoms with van der Waals surface area (Å²) in [7, 11) is 0. The molecule has 0 aliphatic carbocycles. The molecule has 2 atom stereocenters. The van der Waals surface area contributed by atoms with Crippen molar-refractivity contribution in [3.05, 3.63) is 30.3 Å². The van der Waals surface area contributed by atoms with Crippen LogP contribution >= 0.6 is 0 Å². The van der Waals surface area contributed by atoms with Gasteiger partial charge in [-0.2, -0.15) is 0 Å². The molecule has 2 N–H and O–H groups in total. The molecule has 0 heterocycles. The molecule has 1 rings (SSSR count). The zero-order valence-electron chi connectivity index (χ0n) is 9.37. The Labute approximate surface area is 95.4 Å². The van der Waals surface area contributed by atoms with E-state index in [0.717, 1.165) is 0 Å². The Balaban J connectivity index is 2.36. The second-order valence-electron chi connectivity index (χ2n) is 3.37. The Kier molecular flexibility index (Phi) is 5.85. The molecular formula is C12H18O4. The first-order valence-electron chi connectivity index (χ1n) is 5.36. The van der Waals surface area contributed by atoms with Crippen LogP contribution in [0.25, 0.3) is 0 Å². The molecule has 0 aliphatic rings. The standard InChI is InChI=1S/C12H18O4/c1-2-15-12(8-13)11(14)9-16-10-6-4-3-5-7-10/h3-7,11-14H,2,8-9H2,1H3. The minimum Gasteiger partial charge on any atom is -0.491 e. The number of para-hydroxylation sites is 1. The summed E-state index contributed by atoms with van der Waals surface area (Å²) in [5.41, 5.74) is 0. The summed E-state index contributed by atoms with van der Waals surface area (Å²) in [5.74, 6) is 0.690. The van der Waals surface area contributed by atoms with E-state index < -0.39 is 12.2 Å². The average Bonchev–Trinajstić information content (AvgIpc) is 2.34. The molecule has 2 unspecified atom stereocenters. The lowest BCUT2D eigenvalue weighted by Crippen LogP contribution is -2.36. The fourth-order valence-corrected chi connectivity index (χ4v) is 1.31. The Morgan fingerprint density at radius 3 is 2.50 bits per heavy atom. The lowest BCUT2D eigenvalue weighted by molar-refractivity contribution is -0.0724. The van der Waals surface area contributed by atoms with Crippen LogP contribution in [-0.2, 0) is 4.74 Å². The Morgan fingerprint density at radius 1 is 1.25 bits per heavy atom. The Hall–Kier alpha value is -1.10. The predicted molar refractivity (Wildman–Crippen MR) is 60.4 cm³/mol. The van der Waals surface area contributed by atoms with Crippen LogP contribution in [0.2, 0.25) is 0 Å². The van der Waals surface area contributed by atoms with Crippen LogP contribution < -0.4 is 4.74 Å². The maximum absolute atomic E-state index is 9.69. The second kappa shape index (κ2) is 7.22. The molecule has 1 aromatic carbocycles. The summed E-state index contributed by atoms with van der Waals surface area (Å²) in [6.45, 7) is 2.16. The van der Waals surface area contributed by atoms with E-state index in [4.69, 9.17) is 14.6 Å². The summed E-state index contributed by atoms with van der Waals surface area (Å²) in [5, 5.41) is 18.7. The van der Waals surface area contributed by atoms with Gasteiger partial charge in [-0.25, -0.2) is 0 Å². The van der Waals surface area contributed by atoms with Crippen LogP contribution in [0.1, 0.15) is 6.92 Å². The third-order valence-corrected chi connectivity index (χ3v) is 2.15. The van der Waals surface area contributed by atoms with Crippen LogP contribution in [0.15, 0.2) is 30.3 Å². The van der Waals surface area contributed by atoms with Gasteiger partial charge in [-0.3, -0.25) is 0 Å². The smallest absolute Gasteiger partial charge is 0.119 e. The van der Waals surface area contributed by atoms with Gasteiger partial charge < -0.3 is 19.7 Å². The van der Waals surface area contributed by atoms with Crippen LogP contribution in [0.3, 0.4) is 0 Å². The predicted octanol–water partition coefficient (Wildman–Crippen LogP) is 0.824. The molecular weight excluding hydrogens is 208 g/mol. The van der Waals surface area contributed by atoms with Gasteiger partial charge in [-0.1, -0.05) is 18.2 Å². The number of hydrogen-bond acceptors (Lipinski definition) is 4. The topological polar surface area (TPSA) is 58.9 Å². The van der Waals surface area contributed by atoms with Crippen molar-refractivity contribution in [3.63, 3.8) is 0 Å². The van der Waals surface area contributed by atoms with E-state index in [2.05, 4.69) is 0 Å². The molecule has 0 bridgehead atoms. The highest BCUT2D eigenvalue weighted by Crippen LogP contribution is 2.09. The largest absolute Gasteiger partial charge is 0.491 e. The third-order valence-electron chi connectivity index (χ3n) is 2.15. The first-order valence-corrected chi connectivity index (χ1v) is 5.36. The summed E-state index contributed by atoms with van der Waals surface area (Å²) < 4.78 is 10.5. The highest BCUT2D eigenvalue weighted by Gasteiger charge is 2.19. The normalized spacial score (nSPS) is 14.4. The first-order chi connectivity index (χ1) is 7.77. The number of aliphatic hydroxyl groups is 2. The van der Waals surface area contributed by atoms with Crippen LogP contribution in [0.5, 0.6) is 5.75 Å². The van der Waals surface area contributed by atoms with Crippen molar-refractivity contribution in [1.29, 1.82) is 0 Å². The quantitative estimate of drug-likeness (QED) is 0.723. The molecule has 0 saturated heterocycles. The highest BCUT2D eigenvalue weighted by atomic mass is 16.5. The molecule has 0 aromatic heterocycles. The molecule has 0 fully saturated rings. The average molecular weight is 226 g/mol. The molecule has 4 heteroatoms. The Morgan fingerprint density at radius 2 is 1.94 bits per heavy atom. The summed E-state index contributed by atoms with van der Waals surface area (Å²) in [4.78, 5) is 0. The van der Waals surface area contributed by atoms with Gasteiger partial charge >= 0.3 is 0 Å². The number of benzene rings is 1. The molecule has 0 saturated carbocycles. The van der Waals surface area contributed by atoms with Gasteiger partial charge in [-0.05, 0) is 19.1 Å². The van der Waals surface area contributed by atoms with Crippen molar-refractivity contribution in [2.24, 2.45) is 0 Å². The van der Waals surface area contributed by atoms with E-state index in [9.17, 15) is 5.11 Å². The number of ether oxygens (including phenoxy) is 2. The van der Waals surface area contributed by atoms with Crippen molar-refractivity contribution in [1.82, 2.24) is 0 Å². The lowest BCUT2D eigenvalue weighted by Gasteiger charge is -2.20. The van der Waals surface area contributed by atoms with Crippen LogP contribution in [0, 0.1) is 0 Å². The monoisotopic (exact) mass is 226 g/mol. The molecule has 0 radical (unpaired) electrons. The fraction of sp³-hybridized carbons (Fsp3) is 0.500. The van der Waals surface area contributed by atoms with Gasteiger partial charge in [-0.15, -0.1) is 0 Å². The lowest BCUT2D eigenvalue weighted by atomic mass is 10.2. The third kappa shape index (κ3) is 4.18. The maximum atomic E-state index is 9.69. The molecule has 0 aliphatic heterocycles. The van der Waals surface area contributed by atoms with Crippen molar-refractivity contribution in [2.75, 3.05) is 19.8 Å². The number of aliphatic hydroxyl groups excluding tert-OH is 2. The van der Waals surface area contributed by atoms with Crippen LogP contribution in [0.4, 0.5) is 0 Å². The van der Waals surface area contributed by atoms with Gasteiger partial charge in [0.1, 0.15) is 24.6 Å². The molecule has 90 valence electrons. The molecule has 4 nitrogen and oxygen atoms in total. The molecule has 0 amide bonds. The van der Waals surface area contributed by atoms with Gasteiger partial charge in [0.15, 0.2) is 0 Å². The van der Waals surface area contributed by atoms with Crippen molar-refractivity contribution >= 4 is 0 Å². The zero-order valence-corrected chi connectivity index (χ0v) is 9.37. The summed E-state index contributed by atoms with van der Waals surface area (Å²) >= 11 is 0. The second-order valence-corrected chi connectivity index (χ2v) is 3.37. The fourth-order valence-electron chi connectivity index (χ4n) is 1.31. The summed E-state index contributed by atoms with van der Waals surface area (Å²) in [6, 6.07) is 9.21. The number of hydrogen-bond donors (Lipinski definition) is 2. The van der Waals surface area contributed by atoms with E-state index in [1.807, 2.05) is 25.1 Å². The highest BCUT2D eigenvalue weighted by molar-refractivity contribution is 5.20. The van der Waals surface area contributed by atoms with Gasteiger partial charge in [0.2, 0.25) is 0 Å². The minimum atomic E-state index is -0.829. The SMILES string of the molecule is CCOC(CO)C(O)COc1ccccc1. The van der Waals surface area contributed by atoms with E-state index in [1.54, 1.807) is 12.1 Å². The van der Waals surface area contributed by atoms with Crippen molar-refractivity contribution < 1.29 is 19.7 Å². The van der Waals surface area contributed by atoms with Crippen molar-refractivity contribution in [3.8, 4) is 5.75 Å².